The molecule has 1 aromatic rings. The van der Waals surface area contributed by atoms with E-state index < -0.39 is 6.09 Å². The van der Waals surface area contributed by atoms with Crippen molar-refractivity contribution in [2.45, 2.75) is 44.7 Å². The molecule has 1 saturated carbocycles. The van der Waals surface area contributed by atoms with Crippen LogP contribution < -0.4 is 4.90 Å². The van der Waals surface area contributed by atoms with E-state index in [9.17, 15) is 9.90 Å². The van der Waals surface area contributed by atoms with Crippen molar-refractivity contribution in [2.75, 3.05) is 18.0 Å². The molecule has 1 N–H and O–H groups in total. The van der Waals surface area contributed by atoms with Crippen LogP contribution in [-0.4, -0.2) is 51.2 Å². The largest absolute Gasteiger partial charge is 0.465 e. The molecule has 2 fully saturated rings. The Hall–Kier alpha value is -1.85. The summed E-state index contributed by atoms with van der Waals surface area (Å²) >= 11 is 0. The first-order chi connectivity index (χ1) is 9.56. The quantitative estimate of drug-likeness (QED) is 0.893. The van der Waals surface area contributed by atoms with Gasteiger partial charge in [-0.3, -0.25) is 4.90 Å². The lowest BCUT2D eigenvalue weighted by Crippen LogP contribution is -2.58. The second kappa shape index (κ2) is 4.92. The molecule has 3 rings (SSSR count). The summed E-state index contributed by atoms with van der Waals surface area (Å²) in [5.74, 6) is 1.36. The molecule has 1 saturated heterocycles. The third kappa shape index (κ3) is 2.42. The average Bonchev–Trinajstić information content (AvgIpc) is 3.22. The van der Waals surface area contributed by atoms with E-state index >= 15 is 0 Å². The highest BCUT2D eigenvalue weighted by molar-refractivity contribution is 5.66. The van der Waals surface area contributed by atoms with Crippen LogP contribution >= 0.6 is 0 Å². The zero-order chi connectivity index (χ0) is 14.3. The Morgan fingerprint density at radius 1 is 1.20 bits per heavy atom. The van der Waals surface area contributed by atoms with Crippen molar-refractivity contribution in [1.29, 1.82) is 0 Å². The zero-order valence-corrected chi connectivity index (χ0v) is 11.9. The van der Waals surface area contributed by atoms with Gasteiger partial charge in [0, 0.05) is 25.5 Å². The van der Waals surface area contributed by atoms with Crippen LogP contribution in [0.4, 0.5) is 10.7 Å². The van der Waals surface area contributed by atoms with Gasteiger partial charge in [0.25, 0.3) is 0 Å². The van der Waals surface area contributed by atoms with Crippen LogP contribution in [0.15, 0.2) is 12.4 Å². The molecule has 1 amide bonds. The number of piperazine rings is 1. The summed E-state index contributed by atoms with van der Waals surface area (Å²) in [6.45, 7) is 5.13. The minimum atomic E-state index is -0.852. The lowest BCUT2D eigenvalue weighted by Gasteiger charge is -2.42. The van der Waals surface area contributed by atoms with Crippen LogP contribution in [0.5, 0.6) is 0 Å². The molecule has 1 aliphatic heterocycles. The van der Waals surface area contributed by atoms with Crippen molar-refractivity contribution in [3.8, 4) is 0 Å². The van der Waals surface area contributed by atoms with Crippen LogP contribution in [0.2, 0.25) is 0 Å². The standard InChI is InChI=1S/C14H20N4O2/c1-9-7-17(8-10(2)18(9)14(19)20)13-15-5-12(6-16-13)11-3-4-11/h5-6,9-11H,3-4,7-8H2,1-2H3,(H,19,20)/t9-,10?/m0/s1. The fourth-order valence-corrected chi connectivity index (χ4v) is 2.99. The lowest BCUT2D eigenvalue weighted by atomic mass is 10.1. The summed E-state index contributed by atoms with van der Waals surface area (Å²) in [5.41, 5.74) is 1.22. The third-order valence-corrected chi connectivity index (χ3v) is 4.13. The Kier molecular flexibility index (Phi) is 3.23. The van der Waals surface area contributed by atoms with Gasteiger partial charge >= 0.3 is 6.09 Å². The number of aromatic nitrogens is 2. The van der Waals surface area contributed by atoms with Crippen molar-refractivity contribution in [3.05, 3.63) is 18.0 Å². The van der Waals surface area contributed by atoms with E-state index in [1.807, 2.05) is 26.2 Å². The molecule has 1 aliphatic carbocycles. The van der Waals surface area contributed by atoms with Gasteiger partial charge in [0.05, 0.1) is 12.1 Å². The SMILES string of the molecule is CC1CN(c2ncc(C3CC3)cn2)C[C@H](C)N1C(=O)O. The Balaban J connectivity index is 1.73. The van der Waals surface area contributed by atoms with Gasteiger partial charge < -0.3 is 10.0 Å². The molecule has 0 spiro atoms. The highest BCUT2D eigenvalue weighted by Crippen LogP contribution is 2.39. The van der Waals surface area contributed by atoms with Crippen molar-refractivity contribution in [2.24, 2.45) is 0 Å². The van der Waals surface area contributed by atoms with Crippen LogP contribution in [0.1, 0.15) is 38.2 Å². The maximum absolute atomic E-state index is 11.2. The number of nitrogens with zero attached hydrogens (tertiary/aromatic N) is 4. The summed E-state index contributed by atoms with van der Waals surface area (Å²) in [5, 5.41) is 9.22. The molecular weight excluding hydrogens is 256 g/mol. The summed E-state index contributed by atoms with van der Waals surface area (Å²) < 4.78 is 0. The molecule has 6 heteroatoms. The smallest absolute Gasteiger partial charge is 0.407 e. The second-order valence-electron chi connectivity index (χ2n) is 5.88. The molecule has 2 aliphatic rings. The molecule has 0 aromatic carbocycles. The monoisotopic (exact) mass is 276 g/mol. The van der Waals surface area contributed by atoms with Crippen molar-refractivity contribution in [1.82, 2.24) is 14.9 Å². The minimum Gasteiger partial charge on any atom is -0.465 e. The highest BCUT2D eigenvalue weighted by Gasteiger charge is 2.34. The normalized spacial score (nSPS) is 26.7. The minimum absolute atomic E-state index is 0.0528. The summed E-state index contributed by atoms with van der Waals surface area (Å²) in [6.07, 6.45) is 5.47. The van der Waals surface area contributed by atoms with E-state index in [4.69, 9.17) is 0 Å². The fourth-order valence-electron chi connectivity index (χ4n) is 2.99. The number of hydrogen-bond donors (Lipinski definition) is 1. The van der Waals surface area contributed by atoms with Crippen molar-refractivity contribution in [3.63, 3.8) is 0 Å². The van der Waals surface area contributed by atoms with E-state index in [2.05, 4.69) is 14.9 Å². The molecule has 1 unspecified atom stereocenters. The number of rotatable bonds is 2. The van der Waals surface area contributed by atoms with E-state index in [0.29, 0.717) is 25.0 Å². The van der Waals surface area contributed by atoms with Gasteiger partial charge in [-0.1, -0.05) is 0 Å². The number of anilines is 1. The van der Waals surface area contributed by atoms with Gasteiger partial charge in [-0.15, -0.1) is 0 Å². The van der Waals surface area contributed by atoms with Crippen LogP contribution in [0.3, 0.4) is 0 Å². The maximum atomic E-state index is 11.2. The average molecular weight is 276 g/mol. The molecule has 0 radical (unpaired) electrons. The molecule has 6 nitrogen and oxygen atoms in total. The highest BCUT2D eigenvalue weighted by atomic mass is 16.4. The molecule has 20 heavy (non-hydrogen) atoms. The first-order valence-corrected chi connectivity index (χ1v) is 7.14. The lowest BCUT2D eigenvalue weighted by molar-refractivity contribution is 0.0979. The third-order valence-electron chi connectivity index (χ3n) is 4.13. The summed E-state index contributed by atoms with van der Waals surface area (Å²) in [4.78, 5) is 23.7. The fraction of sp³-hybridized carbons (Fsp3) is 0.643. The van der Waals surface area contributed by atoms with Crippen molar-refractivity contribution >= 4 is 12.0 Å². The van der Waals surface area contributed by atoms with Crippen LogP contribution in [0.25, 0.3) is 0 Å². The zero-order valence-electron chi connectivity index (χ0n) is 11.9. The first kappa shape index (κ1) is 13.1. The number of carbonyl (C=O) groups is 1. The van der Waals surface area contributed by atoms with Crippen LogP contribution in [-0.2, 0) is 0 Å². The Bertz CT molecular complexity index is 488. The Morgan fingerprint density at radius 2 is 1.75 bits per heavy atom. The van der Waals surface area contributed by atoms with E-state index in [-0.39, 0.29) is 12.1 Å². The Morgan fingerprint density at radius 3 is 2.20 bits per heavy atom. The predicted molar refractivity (Wildman–Crippen MR) is 75.0 cm³/mol. The number of hydrogen-bond acceptors (Lipinski definition) is 4. The topological polar surface area (TPSA) is 69.6 Å². The molecule has 108 valence electrons. The number of amides is 1. The molecule has 0 bridgehead atoms. The van der Waals surface area contributed by atoms with Crippen LogP contribution in [0, 0.1) is 0 Å². The summed E-state index contributed by atoms with van der Waals surface area (Å²) in [6, 6.07) is -0.106. The predicted octanol–water partition coefficient (Wildman–Crippen LogP) is 1.93. The Labute approximate surface area is 118 Å². The number of carboxylic acid groups (broad SMARTS) is 1. The van der Waals surface area contributed by atoms with Gasteiger partial charge in [-0.25, -0.2) is 14.8 Å². The first-order valence-electron chi connectivity index (χ1n) is 7.14. The van der Waals surface area contributed by atoms with Gasteiger partial charge in [0.2, 0.25) is 5.95 Å². The van der Waals surface area contributed by atoms with E-state index in [0.717, 1.165) is 0 Å². The molecule has 1 aromatic heterocycles. The second-order valence-corrected chi connectivity index (χ2v) is 5.88. The molecule has 2 heterocycles. The van der Waals surface area contributed by atoms with E-state index in [1.165, 1.54) is 23.3 Å². The van der Waals surface area contributed by atoms with E-state index in [1.54, 1.807) is 0 Å². The van der Waals surface area contributed by atoms with Gasteiger partial charge in [0.1, 0.15) is 0 Å². The maximum Gasteiger partial charge on any atom is 0.407 e. The van der Waals surface area contributed by atoms with Gasteiger partial charge in [-0.05, 0) is 38.2 Å². The van der Waals surface area contributed by atoms with Gasteiger partial charge in [-0.2, -0.15) is 0 Å². The molecular formula is C14H20N4O2. The van der Waals surface area contributed by atoms with Crippen molar-refractivity contribution < 1.29 is 9.90 Å². The van der Waals surface area contributed by atoms with Gasteiger partial charge in [0.15, 0.2) is 0 Å². The summed E-state index contributed by atoms with van der Waals surface area (Å²) in [7, 11) is 0. The molecule has 2 atom stereocenters.